The second-order valence-corrected chi connectivity index (χ2v) is 5.61. The Bertz CT molecular complexity index is 637. The van der Waals surface area contributed by atoms with Gasteiger partial charge in [-0.1, -0.05) is 33.4 Å². The minimum Gasteiger partial charge on any atom is -0.494 e. The van der Waals surface area contributed by atoms with Crippen molar-refractivity contribution in [3.63, 3.8) is 0 Å². The van der Waals surface area contributed by atoms with E-state index in [0.29, 0.717) is 18.4 Å². The third-order valence-corrected chi connectivity index (χ3v) is 3.69. The molecule has 0 aliphatic carbocycles. The molecule has 0 fully saturated rings. The summed E-state index contributed by atoms with van der Waals surface area (Å²) in [6.07, 6.45) is 3.91. The highest BCUT2D eigenvalue weighted by molar-refractivity contribution is 5.94. The first-order valence-corrected chi connectivity index (χ1v) is 8.59. The van der Waals surface area contributed by atoms with E-state index in [4.69, 9.17) is 14.2 Å². The molecular weight excluding hydrogens is 336 g/mol. The Labute approximate surface area is 154 Å². The lowest BCUT2D eigenvalue weighted by Gasteiger charge is -2.21. The number of carbonyl (C=O) groups is 2. The van der Waals surface area contributed by atoms with Crippen molar-refractivity contribution >= 4 is 11.9 Å². The van der Waals surface area contributed by atoms with E-state index < -0.39 is 24.3 Å². The fourth-order valence-corrected chi connectivity index (χ4v) is 2.50. The summed E-state index contributed by atoms with van der Waals surface area (Å²) in [4.78, 5) is 24.0. The van der Waals surface area contributed by atoms with E-state index in [9.17, 15) is 14.7 Å². The first kappa shape index (κ1) is 21.3. The minimum absolute atomic E-state index is 0.0674. The Morgan fingerprint density at radius 2 is 1.77 bits per heavy atom. The maximum Gasteiger partial charge on any atom is 0.341 e. The lowest BCUT2D eigenvalue weighted by Crippen LogP contribution is -2.21. The van der Waals surface area contributed by atoms with E-state index in [2.05, 4.69) is 13.2 Å². The van der Waals surface area contributed by atoms with Crippen LogP contribution in [0.15, 0.2) is 43.9 Å². The standard InChI is InChI=1S/C20H26O6/c1-5-9-17(24-7-3)16-13-14(19(21)22)11-12-15(16)20(23)26-18(10-6-2)25-8-4/h7-8,11-13,17-18H,3-6,9-10H2,1-2H3,(H,21,22). The maximum atomic E-state index is 12.7. The average molecular weight is 362 g/mol. The topological polar surface area (TPSA) is 82.1 Å². The fraction of sp³-hybridized carbons (Fsp3) is 0.400. The zero-order chi connectivity index (χ0) is 19.5. The van der Waals surface area contributed by atoms with Crippen LogP contribution in [0.2, 0.25) is 0 Å². The van der Waals surface area contributed by atoms with Gasteiger partial charge in [-0.15, -0.1) is 0 Å². The maximum absolute atomic E-state index is 12.7. The molecule has 2 atom stereocenters. The highest BCUT2D eigenvalue weighted by atomic mass is 16.7. The van der Waals surface area contributed by atoms with Crippen molar-refractivity contribution in [3.8, 4) is 0 Å². The van der Waals surface area contributed by atoms with Gasteiger partial charge < -0.3 is 19.3 Å². The lowest BCUT2D eigenvalue weighted by atomic mass is 9.96. The second kappa shape index (κ2) is 11.0. The molecule has 1 rings (SSSR count). The molecule has 1 aromatic carbocycles. The SMILES string of the molecule is C=COC(CCC)OC(=O)c1ccc(C(=O)O)cc1C(CCC)OC=C. The number of hydrogen-bond acceptors (Lipinski definition) is 5. The van der Waals surface area contributed by atoms with Crippen LogP contribution < -0.4 is 0 Å². The predicted molar refractivity (Wildman–Crippen MR) is 97.7 cm³/mol. The zero-order valence-electron chi connectivity index (χ0n) is 15.3. The highest BCUT2D eigenvalue weighted by Crippen LogP contribution is 2.28. The number of rotatable bonds is 12. The average Bonchev–Trinajstić information content (AvgIpc) is 2.61. The van der Waals surface area contributed by atoms with Gasteiger partial charge in [0.05, 0.1) is 23.7 Å². The Kier molecular flexibility index (Phi) is 8.98. The van der Waals surface area contributed by atoms with Gasteiger partial charge in [0.25, 0.3) is 0 Å². The van der Waals surface area contributed by atoms with Gasteiger partial charge in [-0.05, 0) is 31.0 Å². The van der Waals surface area contributed by atoms with Gasteiger partial charge in [0.2, 0.25) is 6.29 Å². The third kappa shape index (κ3) is 5.95. The summed E-state index contributed by atoms with van der Waals surface area (Å²) in [7, 11) is 0. The first-order valence-electron chi connectivity index (χ1n) is 8.59. The highest BCUT2D eigenvalue weighted by Gasteiger charge is 2.24. The second-order valence-electron chi connectivity index (χ2n) is 5.61. The van der Waals surface area contributed by atoms with Gasteiger partial charge in [0, 0.05) is 12.0 Å². The molecule has 0 aliphatic rings. The summed E-state index contributed by atoms with van der Waals surface area (Å²) in [5.41, 5.74) is 0.757. The molecule has 0 aromatic heterocycles. The molecule has 26 heavy (non-hydrogen) atoms. The smallest absolute Gasteiger partial charge is 0.341 e. The van der Waals surface area contributed by atoms with Crippen molar-refractivity contribution < 1.29 is 28.9 Å². The summed E-state index contributed by atoms with van der Waals surface area (Å²) in [6.45, 7) is 10.9. The van der Waals surface area contributed by atoms with E-state index in [1.807, 2.05) is 13.8 Å². The normalized spacial score (nSPS) is 12.5. The van der Waals surface area contributed by atoms with Gasteiger partial charge in [-0.25, -0.2) is 9.59 Å². The molecule has 1 N–H and O–H groups in total. The summed E-state index contributed by atoms with van der Waals surface area (Å²) >= 11 is 0. The van der Waals surface area contributed by atoms with Crippen LogP contribution in [0, 0.1) is 0 Å². The Morgan fingerprint density at radius 1 is 1.12 bits per heavy atom. The Hall–Kier alpha value is -2.76. The molecule has 6 heteroatoms. The van der Waals surface area contributed by atoms with Crippen molar-refractivity contribution in [2.24, 2.45) is 0 Å². The van der Waals surface area contributed by atoms with Crippen LogP contribution in [0.4, 0.5) is 0 Å². The summed E-state index contributed by atoms with van der Waals surface area (Å²) < 4.78 is 16.1. The van der Waals surface area contributed by atoms with Gasteiger partial charge in [-0.2, -0.15) is 0 Å². The lowest BCUT2D eigenvalue weighted by molar-refractivity contribution is -0.0761. The van der Waals surface area contributed by atoms with E-state index in [1.165, 1.54) is 30.7 Å². The van der Waals surface area contributed by atoms with Crippen LogP contribution >= 0.6 is 0 Å². The minimum atomic E-state index is -1.08. The van der Waals surface area contributed by atoms with E-state index in [1.54, 1.807) is 0 Å². The quantitative estimate of drug-likeness (QED) is 0.326. The van der Waals surface area contributed by atoms with Crippen molar-refractivity contribution in [2.45, 2.75) is 51.9 Å². The number of esters is 1. The molecule has 0 spiro atoms. The van der Waals surface area contributed by atoms with Gasteiger partial charge >= 0.3 is 11.9 Å². The number of hydrogen-bond donors (Lipinski definition) is 1. The Morgan fingerprint density at radius 3 is 2.31 bits per heavy atom. The number of ether oxygens (including phenoxy) is 3. The van der Waals surface area contributed by atoms with E-state index in [0.717, 1.165) is 12.8 Å². The Balaban J connectivity index is 3.25. The van der Waals surface area contributed by atoms with Gasteiger partial charge in [-0.3, -0.25) is 0 Å². The van der Waals surface area contributed by atoms with Crippen molar-refractivity contribution in [2.75, 3.05) is 0 Å². The summed E-state index contributed by atoms with van der Waals surface area (Å²) in [6, 6.07) is 4.24. The van der Waals surface area contributed by atoms with Gasteiger partial charge in [0.15, 0.2) is 0 Å². The summed E-state index contributed by atoms with van der Waals surface area (Å²) in [5.74, 6) is -1.69. The number of carboxylic acids is 1. The summed E-state index contributed by atoms with van der Waals surface area (Å²) in [5, 5.41) is 9.26. The van der Waals surface area contributed by atoms with Crippen molar-refractivity contribution in [1.29, 1.82) is 0 Å². The molecule has 1 aromatic rings. The van der Waals surface area contributed by atoms with Gasteiger partial charge in [0.1, 0.15) is 6.10 Å². The van der Waals surface area contributed by atoms with Crippen LogP contribution in [0.25, 0.3) is 0 Å². The van der Waals surface area contributed by atoms with Crippen LogP contribution in [-0.4, -0.2) is 23.3 Å². The number of carboxylic acid groups (broad SMARTS) is 1. The monoisotopic (exact) mass is 362 g/mol. The molecule has 0 heterocycles. The molecule has 0 amide bonds. The van der Waals surface area contributed by atoms with Crippen LogP contribution in [0.5, 0.6) is 0 Å². The molecule has 0 saturated carbocycles. The predicted octanol–water partition coefficient (Wildman–Crippen LogP) is 4.83. The molecular formula is C20H26O6. The van der Waals surface area contributed by atoms with Crippen LogP contribution in [0.1, 0.15) is 71.9 Å². The molecule has 0 bridgehead atoms. The molecule has 2 unspecified atom stereocenters. The number of aromatic carboxylic acids is 1. The molecule has 0 saturated heterocycles. The molecule has 6 nitrogen and oxygen atoms in total. The third-order valence-electron chi connectivity index (χ3n) is 3.69. The largest absolute Gasteiger partial charge is 0.494 e. The van der Waals surface area contributed by atoms with E-state index >= 15 is 0 Å². The number of carbonyl (C=O) groups excluding carboxylic acids is 1. The molecule has 0 radical (unpaired) electrons. The number of benzene rings is 1. The molecule has 0 aliphatic heterocycles. The first-order chi connectivity index (χ1) is 12.5. The van der Waals surface area contributed by atoms with Crippen molar-refractivity contribution in [1.82, 2.24) is 0 Å². The zero-order valence-corrected chi connectivity index (χ0v) is 15.3. The van der Waals surface area contributed by atoms with Crippen LogP contribution in [0.3, 0.4) is 0 Å². The van der Waals surface area contributed by atoms with Crippen LogP contribution in [-0.2, 0) is 14.2 Å². The van der Waals surface area contributed by atoms with E-state index in [-0.39, 0.29) is 11.1 Å². The van der Waals surface area contributed by atoms with Crippen molar-refractivity contribution in [3.05, 3.63) is 60.6 Å². The molecule has 142 valence electrons. The fourth-order valence-electron chi connectivity index (χ4n) is 2.50.